The van der Waals surface area contributed by atoms with E-state index in [2.05, 4.69) is 4.98 Å². The van der Waals surface area contributed by atoms with Crippen molar-refractivity contribution in [3.63, 3.8) is 0 Å². The van der Waals surface area contributed by atoms with Crippen LogP contribution in [0.15, 0.2) is 48.9 Å². The van der Waals surface area contributed by atoms with Crippen molar-refractivity contribution in [2.45, 2.75) is 6.54 Å². The number of carboxylic acid groups (broad SMARTS) is 2. The quantitative estimate of drug-likeness (QED) is 0.629. The summed E-state index contributed by atoms with van der Waals surface area (Å²) in [5.74, 6) is -2.51. The highest BCUT2D eigenvalue weighted by Gasteiger charge is 2.21. The first-order chi connectivity index (χ1) is 11.9. The number of hydrogen-bond donors (Lipinski definition) is 2. The zero-order chi connectivity index (χ0) is 18.4. The van der Waals surface area contributed by atoms with Gasteiger partial charge < -0.3 is 15.1 Å². The number of amides is 1. The fraction of sp³-hybridized carbons (Fsp3) is 0.125. The Labute approximate surface area is 143 Å². The molecule has 0 bridgehead atoms. The molecular weight excluding hydrogens is 328 g/mol. The molecule has 0 radical (unpaired) electrons. The molecule has 0 spiro atoms. The van der Waals surface area contributed by atoms with Gasteiger partial charge in [-0.2, -0.15) is 0 Å². The van der Waals surface area contributed by atoms with Crippen molar-refractivity contribution in [3.8, 4) is 0 Å². The summed E-state index contributed by atoms with van der Waals surface area (Å²) in [4.78, 5) is 36.0. The van der Waals surface area contributed by atoms with E-state index in [1.54, 1.807) is 17.3 Å². The molecular formula is C16H16N4O5. The van der Waals surface area contributed by atoms with Crippen LogP contribution in [0.5, 0.6) is 0 Å². The number of carbonyl (C=O) groups is 3. The van der Waals surface area contributed by atoms with E-state index >= 15 is 0 Å². The average molecular weight is 344 g/mol. The standard InChI is InChI=1S/C12H12N4O.C4H4O4/c1-14-11-4-5-13-7-12(11)15(9-17)8-10-3-2-6-16(10)14;5-3(6)1-2-4(7)8/h2-7,9H,8H2,1H3;1-2H,(H,5,6)(H,7,8)/b;2-1-. The van der Waals surface area contributed by atoms with E-state index in [1.807, 2.05) is 41.1 Å². The highest BCUT2D eigenvalue weighted by Crippen LogP contribution is 2.31. The Morgan fingerprint density at radius 3 is 2.44 bits per heavy atom. The van der Waals surface area contributed by atoms with Gasteiger partial charge in [-0.15, -0.1) is 0 Å². The van der Waals surface area contributed by atoms with Crippen molar-refractivity contribution >= 4 is 29.7 Å². The van der Waals surface area contributed by atoms with E-state index < -0.39 is 11.9 Å². The maximum absolute atomic E-state index is 11.2. The van der Waals surface area contributed by atoms with Crippen LogP contribution in [0.25, 0.3) is 0 Å². The van der Waals surface area contributed by atoms with Crippen LogP contribution in [0.2, 0.25) is 0 Å². The molecule has 2 N–H and O–H groups in total. The second-order valence-electron chi connectivity index (χ2n) is 4.98. The number of pyridine rings is 1. The Balaban J connectivity index is 0.000000242. The number of fused-ring (bicyclic) bond motifs is 2. The van der Waals surface area contributed by atoms with E-state index in [0.29, 0.717) is 18.7 Å². The molecule has 0 saturated carbocycles. The Kier molecular flexibility index (Phi) is 5.51. The number of rotatable bonds is 3. The summed E-state index contributed by atoms with van der Waals surface area (Å²) >= 11 is 0. The number of hydrogen-bond acceptors (Lipinski definition) is 5. The third-order valence-electron chi connectivity index (χ3n) is 3.40. The van der Waals surface area contributed by atoms with E-state index in [1.165, 1.54) is 0 Å². The second kappa shape index (κ2) is 7.77. The summed E-state index contributed by atoms with van der Waals surface area (Å²) in [6.45, 7) is 0.555. The van der Waals surface area contributed by atoms with Gasteiger partial charge in [0.1, 0.15) is 0 Å². The third-order valence-corrected chi connectivity index (χ3v) is 3.40. The van der Waals surface area contributed by atoms with E-state index in [9.17, 15) is 14.4 Å². The maximum atomic E-state index is 11.2. The highest BCUT2D eigenvalue weighted by molar-refractivity contribution is 5.89. The molecule has 9 nitrogen and oxygen atoms in total. The smallest absolute Gasteiger partial charge is 0.328 e. The van der Waals surface area contributed by atoms with Gasteiger partial charge in [-0.25, -0.2) is 9.59 Å². The summed E-state index contributed by atoms with van der Waals surface area (Å²) < 4.78 is 2.03. The van der Waals surface area contributed by atoms with Gasteiger partial charge in [0.15, 0.2) is 0 Å². The molecule has 1 aliphatic heterocycles. The fourth-order valence-corrected chi connectivity index (χ4v) is 2.31. The van der Waals surface area contributed by atoms with Crippen LogP contribution in [0.1, 0.15) is 5.69 Å². The first kappa shape index (κ1) is 17.7. The van der Waals surface area contributed by atoms with Gasteiger partial charge >= 0.3 is 11.9 Å². The van der Waals surface area contributed by atoms with Gasteiger partial charge in [-0.1, -0.05) is 0 Å². The normalized spacial score (nSPS) is 12.5. The molecule has 0 unspecified atom stereocenters. The van der Waals surface area contributed by atoms with Gasteiger partial charge in [-0.05, 0) is 18.2 Å². The van der Waals surface area contributed by atoms with Crippen molar-refractivity contribution in [1.29, 1.82) is 0 Å². The summed E-state index contributed by atoms with van der Waals surface area (Å²) in [6.07, 6.45) is 7.38. The minimum absolute atomic E-state index is 0.555. The molecule has 2 aromatic heterocycles. The largest absolute Gasteiger partial charge is 0.478 e. The molecule has 0 saturated heterocycles. The monoisotopic (exact) mass is 344 g/mol. The van der Waals surface area contributed by atoms with Crippen LogP contribution in [0, 0.1) is 0 Å². The lowest BCUT2D eigenvalue weighted by Crippen LogP contribution is -2.24. The van der Waals surface area contributed by atoms with Gasteiger partial charge in [0.2, 0.25) is 6.41 Å². The van der Waals surface area contributed by atoms with Crippen LogP contribution in [-0.4, -0.2) is 45.3 Å². The molecule has 1 amide bonds. The van der Waals surface area contributed by atoms with Gasteiger partial charge in [-0.3, -0.25) is 19.5 Å². The Morgan fingerprint density at radius 1 is 1.16 bits per heavy atom. The Bertz CT molecular complexity index is 798. The molecule has 130 valence electrons. The lowest BCUT2D eigenvalue weighted by molar-refractivity contribution is -0.134. The number of anilines is 2. The molecule has 3 rings (SSSR count). The zero-order valence-corrected chi connectivity index (χ0v) is 13.3. The number of carbonyl (C=O) groups excluding carboxylic acids is 1. The highest BCUT2D eigenvalue weighted by atomic mass is 16.4. The molecule has 1 aliphatic rings. The maximum Gasteiger partial charge on any atom is 0.328 e. The molecule has 0 aliphatic carbocycles. The van der Waals surface area contributed by atoms with Crippen molar-refractivity contribution in [2.24, 2.45) is 0 Å². The van der Waals surface area contributed by atoms with Gasteiger partial charge in [0, 0.05) is 31.6 Å². The van der Waals surface area contributed by atoms with Crippen molar-refractivity contribution in [1.82, 2.24) is 9.66 Å². The molecule has 9 heteroatoms. The van der Waals surface area contributed by atoms with E-state index in [0.717, 1.165) is 23.5 Å². The summed E-state index contributed by atoms with van der Waals surface area (Å²) in [5, 5.41) is 17.6. The lowest BCUT2D eigenvalue weighted by Gasteiger charge is -2.22. The molecule has 25 heavy (non-hydrogen) atoms. The number of nitrogens with zero attached hydrogens (tertiary/aromatic N) is 4. The van der Waals surface area contributed by atoms with Crippen LogP contribution >= 0.6 is 0 Å². The summed E-state index contributed by atoms with van der Waals surface area (Å²) in [7, 11) is 1.97. The average Bonchev–Trinajstić information content (AvgIpc) is 3.02. The van der Waals surface area contributed by atoms with Crippen molar-refractivity contribution in [2.75, 3.05) is 17.0 Å². The van der Waals surface area contributed by atoms with E-state index in [4.69, 9.17) is 10.2 Å². The van der Waals surface area contributed by atoms with Crippen molar-refractivity contribution < 1.29 is 24.6 Å². The van der Waals surface area contributed by atoms with Crippen LogP contribution in [0.3, 0.4) is 0 Å². The molecule has 0 atom stereocenters. The van der Waals surface area contributed by atoms with Crippen LogP contribution < -0.4 is 9.91 Å². The first-order valence-electron chi connectivity index (χ1n) is 7.14. The third kappa shape index (κ3) is 4.22. The predicted molar refractivity (Wildman–Crippen MR) is 89.1 cm³/mol. The number of aromatic nitrogens is 2. The van der Waals surface area contributed by atoms with E-state index in [-0.39, 0.29) is 0 Å². The zero-order valence-electron chi connectivity index (χ0n) is 13.3. The first-order valence-corrected chi connectivity index (χ1v) is 7.14. The number of carboxylic acids is 2. The van der Waals surface area contributed by atoms with Gasteiger partial charge in [0.05, 0.1) is 29.8 Å². The minimum atomic E-state index is -1.26. The minimum Gasteiger partial charge on any atom is -0.478 e. The Morgan fingerprint density at radius 2 is 1.84 bits per heavy atom. The summed E-state index contributed by atoms with van der Waals surface area (Å²) in [6, 6.07) is 5.88. The predicted octanol–water partition coefficient (Wildman–Crippen LogP) is 0.971. The molecule has 3 heterocycles. The number of aliphatic carboxylic acids is 2. The lowest BCUT2D eigenvalue weighted by atomic mass is 10.3. The SMILES string of the molecule is CN1c2ccncc2N(C=O)Cc2cccn21.O=C(O)/C=C\C(=O)O. The molecule has 0 aromatic carbocycles. The van der Waals surface area contributed by atoms with Crippen LogP contribution in [0.4, 0.5) is 11.4 Å². The van der Waals surface area contributed by atoms with Crippen molar-refractivity contribution in [3.05, 3.63) is 54.6 Å². The summed E-state index contributed by atoms with van der Waals surface area (Å²) in [5.41, 5.74) is 2.85. The van der Waals surface area contributed by atoms with Crippen LogP contribution in [-0.2, 0) is 20.9 Å². The molecule has 0 fully saturated rings. The fourth-order valence-electron chi connectivity index (χ4n) is 2.31. The Hall–Kier alpha value is -3.62. The topological polar surface area (TPSA) is 116 Å². The van der Waals surface area contributed by atoms with Gasteiger partial charge in [0.25, 0.3) is 0 Å². The second-order valence-corrected chi connectivity index (χ2v) is 4.98. The molecule has 2 aromatic rings.